The molecule has 0 saturated carbocycles. The summed E-state index contributed by atoms with van der Waals surface area (Å²) in [5.74, 6) is 0.639. The molecule has 1 N–H and O–H groups in total. The van der Waals surface area contributed by atoms with Gasteiger partial charge in [-0.1, -0.05) is 43.3 Å². The van der Waals surface area contributed by atoms with Gasteiger partial charge in [-0.15, -0.1) is 0 Å². The SMILES string of the molecule is C=C(C)C(NCCC)C1Cc2ccccc21. The van der Waals surface area contributed by atoms with Crippen LogP contribution < -0.4 is 5.32 Å². The smallest absolute Gasteiger partial charge is 0.0346 e. The van der Waals surface area contributed by atoms with E-state index in [-0.39, 0.29) is 0 Å². The van der Waals surface area contributed by atoms with E-state index in [4.69, 9.17) is 0 Å². The molecule has 1 aromatic rings. The minimum Gasteiger partial charge on any atom is -0.310 e. The third-order valence-corrected chi connectivity index (χ3v) is 3.44. The van der Waals surface area contributed by atoms with Gasteiger partial charge in [-0.3, -0.25) is 0 Å². The van der Waals surface area contributed by atoms with Crippen LogP contribution in [0.25, 0.3) is 0 Å². The minimum atomic E-state index is 0.454. The summed E-state index contributed by atoms with van der Waals surface area (Å²) in [7, 11) is 0. The molecule has 0 aromatic heterocycles. The monoisotopic (exact) mass is 215 g/mol. The Morgan fingerprint density at radius 1 is 1.50 bits per heavy atom. The summed E-state index contributed by atoms with van der Waals surface area (Å²) in [6.07, 6.45) is 2.38. The van der Waals surface area contributed by atoms with Crippen molar-refractivity contribution in [1.29, 1.82) is 0 Å². The molecule has 86 valence electrons. The summed E-state index contributed by atoms with van der Waals surface area (Å²) in [6.45, 7) is 9.54. The summed E-state index contributed by atoms with van der Waals surface area (Å²) in [5, 5.41) is 3.61. The number of fused-ring (bicyclic) bond motifs is 1. The zero-order valence-electron chi connectivity index (χ0n) is 10.3. The Labute approximate surface area is 98.6 Å². The van der Waals surface area contributed by atoms with Crippen molar-refractivity contribution in [3.63, 3.8) is 0 Å². The third-order valence-electron chi connectivity index (χ3n) is 3.44. The summed E-state index contributed by atoms with van der Waals surface area (Å²) in [4.78, 5) is 0. The number of nitrogens with one attached hydrogen (secondary N) is 1. The standard InChI is InChI=1S/C15H21N/c1-4-9-16-15(11(2)3)14-10-12-7-5-6-8-13(12)14/h5-8,14-16H,2,4,9-10H2,1,3H3. The van der Waals surface area contributed by atoms with Crippen molar-refractivity contribution in [1.82, 2.24) is 5.32 Å². The predicted molar refractivity (Wildman–Crippen MR) is 69.8 cm³/mol. The molecule has 0 spiro atoms. The Bertz CT molecular complexity index is 381. The van der Waals surface area contributed by atoms with E-state index in [0.717, 1.165) is 6.54 Å². The average Bonchev–Trinajstić information content (AvgIpc) is 2.24. The first-order chi connectivity index (χ1) is 7.74. The molecule has 0 saturated heterocycles. The molecule has 0 radical (unpaired) electrons. The van der Waals surface area contributed by atoms with Gasteiger partial charge in [0.2, 0.25) is 0 Å². The van der Waals surface area contributed by atoms with E-state index in [0.29, 0.717) is 12.0 Å². The molecule has 1 aliphatic carbocycles. The molecule has 1 aromatic carbocycles. The van der Waals surface area contributed by atoms with Crippen molar-refractivity contribution >= 4 is 0 Å². The first-order valence-corrected chi connectivity index (χ1v) is 6.20. The van der Waals surface area contributed by atoms with Crippen LogP contribution in [0.4, 0.5) is 0 Å². The molecule has 1 aliphatic rings. The van der Waals surface area contributed by atoms with Crippen molar-refractivity contribution in [2.24, 2.45) is 0 Å². The highest BCUT2D eigenvalue weighted by molar-refractivity contribution is 5.42. The Hall–Kier alpha value is -1.08. The topological polar surface area (TPSA) is 12.0 Å². The van der Waals surface area contributed by atoms with Gasteiger partial charge in [-0.2, -0.15) is 0 Å². The lowest BCUT2D eigenvalue weighted by atomic mass is 9.72. The van der Waals surface area contributed by atoms with Gasteiger partial charge in [-0.25, -0.2) is 0 Å². The number of rotatable bonds is 5. The van der Waals surface area contributed by atoms with Gasteiger partial charge in [-0.05, 0) is 37.4 Å². The molecule has 0 bridgehead atoms. The van der Waals surface area contributed by atoms with E-state index in [9.17, 15) is 0 Å². The van der Waals surface area contributed by atoms with Crippen LogP contribution in [0.15, 0.2) is 36.4 Å². The van der Waals surface area contributed by atoms with E-state index in [1.54, 1.807) is 0 Å². The molecule has 0 amide bonds. The van der Waals surface area contributed by atoms with Gasteiger partial charge in [0.15, 0.2) is 0 Å². The van der Waals surface area contributed by atoms with E-state index in [2.05, 4.69) is 50.0 Å². The van der Waals surface area contributed by atoms with E-state index >= 15 is 0 Å². The van der Waals surface area contributed by atoms with Crippen molar-refractivity contribution in [2.75, 3.05) is 6.54 Å². The molecular formula is C15H21N. The lowest BCUT2D eigenvalue weighted by Gasteiger charge is -2.37. The average molecular weight is 215 g/mol. The van der Waals surface area contributed by atoms with Crippen LogP contribution in [0.5, 0.6) is 0 Å². The van der Waals surface area contributed by atoms with Gasteiger partial charge >= 0.3 is 0 Å². The Morgan fingerprint density at radius 2 is 2.25 bits per heavy atom. The highest BCUT2D eigenvalue weighted by atomic mass is 14.9. The first kappa shape index (κ1) is 11.4. The predicted octanol–water partition coefficient (Wildman–Crippen LogP) is 3.27. The Morgan fingerprint density at radius 3 is 2.88 bits per heavy atom. The molecule has 0 aliphatic heterocycles. The largest absolute Gasteiger partial charge is 0.310 e. The Balaban J connectivity index is 2.10. The van der Waals surface area contributed by atoms with Crippen LogP contribution in [0.3, 0.4) is 0 Å². The molecule has 2 atom stereocenters. The van der Waals surface area contributed by atoms with Gasteiger partial charge in [0.1, 0.15) is 0 Å². The minimum absolute atomic E-state index is 0.454. The van der Waals surface area contributed by atoms with Crippen LogP contribution in [-0.4, -0.2) is 12.6 Å². The fourth-order valence-electron chi connectivity index (χ4n) is 2.55. The molecule has 2 unspecified atom stereocenters. The second kappa shape index (κ2) is 4.84. The second-order valence-electron chi connectivity index (χ2n) is 4.79. The molecule has 16 heavy (non-hydrogen) atoms. The quantitative estimate of drug-likeness (QED) is 0.743. The zero-order valence-corrected chi connectivity index (χ0v) is 10.3. The van der Waals surface area contributed by atoms with Gasteiger partial charge in [0, 0.05) is 12.0 Å². The third kappa shape index (κ3) is 2.05. The summed E-state index contributed by atoms with van der Waals surface area (Å²) >= 11 is 0. The summed E-state index contributed by atoms with van der Waals surface area (Å²) in [6, 6.07) is 9.22. The number of hydrogen-bond donors (Lipinski definition) is 1. The molecule has 2 rings (SSSR count). The number of hydrogen-bond acceptors (Lipinski definition) is 1. The lowest BCUT2D eigenvalue weighted by Crippen LogP contribution is -2.41. The lowest BCUT2D eigenvalue weighted by molar-refractivity contribution is 0.443. The van der Waals surface area contributed by atoms with Crippen LogP contribution >= 0.6 is 0 Å². The highest BCUT2D eigenvalue weighted by Crippen LogP contribution is 2.38. The molecule has 0 heterocycles. The normalized spacial score (nSPS) is 19.8. The van der Waals surface area contributed by atoms with E-state index in [1.165, 1.54) is 29.5 Å². The zero-order chi connectivity index (χ0) is 11.5. The first-order valence-electron chi connectivity index (χ1n) is 6.20. The summed E-state index contributed by atoms with van der Waals surface area (Å²) < 4.78 is 0. The van der Waals surface area contributed by atoms with Gasteiger partial charge in [0.25, 0.3) is 0 Å². The Kier molecular flexibility index (Phi) is 3.45. The van der Waals surface area contributed by atoms with Crippen LogP contribution in [0.2, 0.25) is 0 Å². The van der Waals surface area contributed by atoms with Crippen molar-refractivity contribution in [2.45, 2.75) is 38.6 Å². The van der Waals surface area contributed by atoms with Crippen LogP contribution in [0.1, 0.15) is 37.3 Å². The highest BCUT2D eigenvalue weighted by Gasteiger charge is 2.32. The van der Waals surface area contributed by atoms with E-state index in [1.807, 2.05) is 0 Å². The molecule has 1 nitrogen and oxygen atoms in total. The summed E-state index contributed by atoms with van der Waals surface area (Å²) in [5.41, 5.74) is 4.28. The van der Waals surface area contributed by atoms with Crippen molar-refractivity contribution < 1.29 is 0 Å². The van der Waals surface area contributed by atoms with E-state index < -0.39 is 0 Å². The maximum atomic E-state index is 4.12. The van der Waals surface area contributed by atoms with Gasteiger partial charge in [0.05, 0.1) is 0 Å². The van der Waals surface area contributed by atoms with Crippen LogP contribution in [-0.2, 0) is 6.42 Å². The van der Waals surface area contributed by atoms with Crippen LogP contribution in [0, 0.1) is 0 Å². The second-order valence-corrected chi connectivity index (χ2v) is 4.79. The molecular weight excluding hydrogens is 194 g/mol. The fraction of sp³-hybridized carbons (Fsp3) is 0.467. The number of benzene rings is 1. The van der Waals surface area contributed by atoms with Crippen molar-refractivity contribution in [3.8, 4) is 0 Å². The fourth-order valence-corrected chi connectivity index (χ4v) is 2.55. The maximum absolute atomic E-state index is 4.12. The van der Waals surface area contributed by atoms with Gasteiger partial charge < -0.3 is 5.32 Å². The maximum Gasteiger partial charge on any atom is 0.0346 e. The molecule has 0 fully saturated rings. The van der Waals surface area contributed by atoms with Crippen molar-refractivity contribution in [3.05, 3.63) is 47.5 Å². The molecule has 1 heteroatoms.